The zero-order valence-corrected chi connectivity index (χ0v) is 18.3. The molecule has 31 heavy (non-hydrogen) atoms. The Labute approximate surface area is 183 Å². The molecule has 0 aliphatic heterocycles. The molecule has 4 aromatic carbocycles. The highest BCUT2D eigenvalue weighted by molar-refractivity contribution is 7.89. The van der Waals surface area contributed by atoms with Crippen molar-refractivity contribution in [2.75, 3.05) is 6.61 Å². The smallest absolute Gasteiger partial charge is 0.244 e. The van der Waals surface area contributed by atoms with Gasteiger partial charge in [0.1, 0.15) is 5.75 Å². The van der Waals surface area contributed by atoms with Gasteiger partial charge < -0.3 is 4.74 Å². The summed E-state index contributed by atoms with van der Waals surface area (Å²) in [5, 5.41) is 1.46. The topological polar surface area (TPSA) is 46.6 Å². The number of hydrogen-bond acceptors (Lipinski definition) is 3. The highest BCUT2D eigenvalue weighted by Crippen LogP contribution is 2.33. The van der Waals surface area contributed by atoms with E-state index < -0.39 is 10.0 Å². The number of benzene rings is 4. The van der Waals surface area contributed by atoms with Crippen molar-refractivity contribution in [2.24, 2.45) is 0 Å². The van der Waals surface area contributed by atoms with E-state index in [1.54, 1.807) is 16.4 Å². The highest BCUT2D eigenvalue weighted by Gasteiger charge is 2.27. The summed E-state index contributed by atoms with van der Waals surface area (Å²) in [5.74, 6) is 0.690. The quantitative estimate of drug-likeness (QED) is 0.363. The molecule has 0 atom stereocenters. The molecule has 0 unspecified atom stereocenters. The average Bonchev–Trinajstić information content (AvgIpc) is 2.80. The molecule has 0 N–H and O–H groups in total. The van der Waals surface area contributed by atoms with Gasteiger partial charge in [0.25, 0.3) is 0 Å². The van der Waals surface area contributed by atoms with Gasteiger partial charge in [0, 0.05) is 23.9 Å². The first-order valence-corrected chi connectivity index (χ1v) is 11.8. The third kappa shape index (κ3) is 4.63. The summed E-state index contributed by atoms with van der Waals surface area (Å²) < 4.78 is 35.1. The van der Waals surface area contributed by atoms with E-state index in [1.807, 2.05) is 91.9 Å². The van der Waals surface area contributed by atoms with Crippen molar-refractivity contribution >= 4 is 20.8 Å². The second-order valence-electron chi connectivity index (χ2n) is 7.28. The molecule has 0 saturated heterocycles. The molecule has 158 valence electrons. The molecule has 4 aromatic rings. The van der Waals surface area contributed by atoms with E-state index in [9.17, 15) is 8.42 Å². The summed E-state index contributed by atoms with van der Waals surface area (Å²) in [6, 6.07) is 30.3. The predicted molar refractivity (Wildman–Crippen MR) is 124 cm³/mol. The maximum Gasteiger partial charge on any atom is 0.244 e. The first-order chi connectivity index (χ1) is 15.1. The van der Waals surface area contributed by atoms with Gasteiger partial charge in [0.2, 0.25) is 10.0 Å². The minimum absolute atomic E-state index is 0.290. The summed E-state index contributed by atoms with van der Waals surface area (Å²) >= 11 is 0. The Morgan fingerprint density at radius 1 is 0.677 bits per heavy atom. The third-order valence-electron chi connectivity index (χ3n) is 5.17. The zero-order valence-electron chi connectivity index (χ0n) is 17.4. The van der Waals surface area contributed by atoms with Crippen LogP contribution in [0.15, 0.2) is 102 Å². The van der Waals surface area contributed by atoms with Gasteiger partial charge in [-0.3, -0.25) is 0 Å². The van der Waals surface area contributed by atoms with Crippen LogP contribution >= 0.6 is 0 Å². The largest absolute Gasteiger partial charge is 0.493 e. The molecule has 4 nitrogen and oxygen atoms in total. The maximum absolute atomic E-state index is 13.9. The van der Waals surface area contributed by atoms with E-state index in [1.165, 1.54) is 0 Å². The number of hydrogen-bond donors (Lipinski definition) is 0. The van der Waals surface area contributed by atoms with E-state index in [0.717, 1.165) is 16.5 Å². The second-order valence-corrected chi connectivity index (χ2v) is 9.19. The minimum atomic E-state index is -3.78. The summed E-state index contributed by atoms with van der Waals surface area (Å²) in [6.45, 7) is 3.02. The third-order valence-corrected chi connectivity index (χ3v) is 7.02. The number of fused-ring (bicyclic) bond motifs is 1. The SMILES string of the molecule is CCOc1ccc(S(=O)(=O)N(Cc2ccccc2)Cc2ccccc2)c2ccccc12. The van der Waals surface area contributed by atoms with Crippen LogP contribution in [0.4, 0.5) is 0 Å². The van der Waals surface area contributed by atoms with Crippen LogP contribution in [0.3, 0.4) is 0 Å². The predicted octanol–water partition coefficient (Wildman–Crippen LogP) is 5.63. The van der Waals surface area contributed by atoms with Crippen molar-refractivity contribution in [3.8, 4) is 5.75 Å². The molecular formula is C26H25NO3S. The first kappa shape index (κ1) is 21.1. The molecule has 4 rings (SSSR count). The molecule has 0 saturated carbocycles. The molecule has 0 spiro atoms. The molecule has 0 radical (unpaired) electrons. The van der Waals surface area contributed by atoms with Crippen molar-refractivity contribution in [1.82, 2.24) is 4.31 Å². The molecule has 0 fully saturated rings. The lowest BCUT2D eigenvalue weighted by molar-refractivity contribution is 0.344. The van der Waals surface area contributed by atoms with Crippen molar-refractivity contribution in [1.29, 1.82) is 0 Å². The Bertz CT molecular complexity index is 1210. The van der Waals surface area contributed by atoms with Crippen LogP contribution < -0.4 is 4.74 Å². The van der Waals surface area contributed by atoms with Gasteiger partial charge in [0.05, 0.1) is 11.5 Å². The summed E-state index contributed by atoms with van der Waals surface area (Å²) in [7, 11) is -3.78. The molecule has 0 aliphatic carbocycles. The Hall–Kier alpha value is -3.15. The molecule has 5 heteroatoms. The summed E-state index contributed by atoms with van der Waals surface area (Å²) in [4.78, 5) is 0.290. The average molecular weight is 432 g/mol. The van der Waals surface area contributed by atoms with Gasteiger partial charge in [0.15, 0.2) is 0 Å². The van der Waals surface area contributed by atoms with E-state index in [4.69, 9.17) is 4.74 Å². The van der Waals surface area contributed by atoms with E-state index in [0.29, 0.717) is 35.7 Å². The molecular weight excluding hydrogens is 406 g/mol. The van der Waals surface area contributed by atoms with Crippen molar-refractivity contribution in [2.45, 2.75) is 24.9 Å². The van der Waals surface area contributed by atoms with Gasteiger partial charge in [-0.2, -0.15) is 4.31 Å². The van der Waals surface area contributed by atoms with E-state index >= 15 is 0 Å². The highest BCUT2D eigenvalue weighted by atomic mass is 32.2. The normalized spacial score (nSPS) is 11.7. The van der Waals surface area contributed by atoms with E-state index in [2.05, 4.69) is 0 Å². The number of sulfonamides is 1. The summed E-state index contributed by atoms with van der Waals surface area (Å²) in [6.07, 6.45) is 0. The van der Waals surface area contributed by atoms with Crippen LogP contribution in [-0.4, -0.2) is 19.3 Å². The second kappa shape index (κ2) is 9.33. The number of rotatable bonds is 8. The van der Waals surface area contributed by atoms with Gasteiger partial charge in [-0.25, -0.2) is 8.42 Å². The molecule has 0 bridgehead atoms. The van der Waals surface area contributed by atoms with Crippen LogP contribution in [0.2, 0.25) is 0 Å². The van der Waals surface area contributed by atoms with E-state index in [-0.39, 0.29) is 0 Å². The molecule has 0 amide bonds. The lowest BCUT2D eigenvalue weighted by Crippen LogP contribution is -2.30. The molecule has 0 aliphatic rings. The summed E-state index contributed by atoms with van der Waals surface area (Å²) in [5.41, 5.74) is 1.88. The fourth-order valence-electron chi connectivity index (χ4n) is 3.69. The van der Waals surface area contributed by atoms with Crippen LogP contribution in [0.25, 0.3) is 10.8 Å². The Kier molecular flexibility index (Phi) is 6.35. The Morgan fingerprint density at radius 2 is 1.19 bits per heavy atom. The number of nitrogens with zero attached hydrogens (tertiary/aromatic N) is 1. The zero-order chi connectivity index (χ0) is 21.7. The van der Waals surface area contributed by atoms with Gasteiger partial charge >= 0.3 is 0 Å². The Morgan fingerprint density at radius 3 is 1.74 bits per heavy atom. The first-order valence-electron chi connectivity index (χ1n) is 10.3. The lowest BCUT2D eigenvalue weighted by atomic mass is 10.1. The van der Waals surface area contributed by atoms with Crippen LogP contribution in [-0.2, 0) is 23.1 Å². The van der Waals surface area contributed by atoms with Crippen molar-refractivity contribution in [3.63, 3.8) is 0 Å². The number of ether oxygens (including phenoxy) is 1. The fraction of sp³-hybridized carbons (Fsp3) is 0.154. The molecule has 0 aromatic heterocycles. The molecule has 0 heterocycles. The minimum Gasteiger partial charge on any atom is -0.493 e. The lowest BCUT2D eigenvalue weighted by Gasteiger charge is -2.24. The van der Waals surface area contributed by atoms with Crippen LogP contribution in [0, 0.1) is 0 Å². The van der Waals surface area contributed by atoms with Crippen LogP contribution in [0.5, 0.6) is 5.75 Å². The van der Waals surface area contributed by atoms with Gasteiger partial charge in [-0.15, -0.1) is 0 Å². The van der Waals surface area contributed by atoms with Crippen LogP contribution in [0.1, 0.15) is 18.1 Å². The van der Waals surface area contributed by atoms with Gasteiger partial charge in [-0.1, -0.05) is 84.9 Å². The van der Waals surface area contributed by atoms with Crippen molar-refractivity contribution in [3.05, 3.63) is 108 Å². The monoisotopic (exact) mass is 431 g/mol. The fourth-order valence-corrected chi connectivity index (χ4v) is 5.30. The Balaban J connectivity index is 1.81. The van der Waals surface area contributed by atoms with Gasteiger partial charge in [-0.05, 0) is 30.2 Å². The maximum atomic E-state index is 13.9. The standard InChI is InChI=1S/C26H25NO3S/c1-2-30-25-17-18-26(24-16-10-9-15-23(24)25)31(28,29)27(19-21-11-5-3-6-12-21)20-22-13-7-4-8-14-22/h3-18H,2,19-20H2,1H3. The van der Waals surface area contributed by atoms with Crippen molar-refractivity contribution < 1.29 is 13.2 Å².